The summed E-state index contributed by atoms with van der Waals surface area (Å²) in [6.45, 7) is 14.2. The molecule has 0 aromatic heterocycles. The number of nitrogens with one attached hydrogen (secondary N) is 1. The van der Waals surface area contributed by atoms with E-state index in [0.29, 0.717) is 30.5 Å². The van der Waals surface area contributed by atoms with Crippen LogP contribution in [-0.2, 0) is 9.47 Å². The van der Waals surface area contributed by atoms with Crippen molar-refractivity contribution in [1.29, 1.82) is 0 Å². The van der Waals surface area contributed by atoms with Gasteiger partial charge in [0.25, 0.3) is 0 Å². The molecule has 0 aromatic rings. The lowest BCUT2D eigenvalue weighted by Crippen LogP contribution is -2.42. The number of likely N-dealkylation sites (tertiary alicyclic amines) is 1. The summed E-state index contributed by atoms with van der Waals surface area (Å²) < 4.78 is 12.2. The average Bonchev–Trinajstić information content (AvgIpc) is 2.78. The van der Waals surface area contributed by atoms with Crippen molar-refractivity contribution in [3.05, 3.63) is 0 Å². The Morgan fingerprint density at radius 1 is 0.935 bits per heavy atom. The third-order valence-corrected chi connectivity index (χ3v) is 6.72. The molecule has 2 saturated heterocycles. The van der Waals surface area contributed by atoms with E-state index >= 15 is 0 Å². The van der Waals surface area contributed by atoms with E-state index in [2.05, 4.69) is 38.0 Å². The molecule has 0 spiro atoms. The largest absolute Gasteiger partial charge is 0.393 e. The van der Waals surface area contributed by atoms with E-state index in [9.17, 15) is 5.11 Å². The maximum atomic E-state index is 9.37. The monoisotopic (exact) mass is 442 g/mol. The standard InChI is InChI=1S/C12H24N2O.C12H24O2.C2H6/c1-10-9-12(3-6-13-10)15-11-4-7-14(2)8-5-11;1-3-5-11(4-2)14-12-8-6-10(13)7-9-12;1-2/h10-13H,3-9H2,1-2H3;10-13H,3-9H2,1-2H3;1-2H3/t10-,12?;;/m1../s1. The van der Waals surface area contributed by atoms with Gasteiger partial charge in [-0.15, -0.1) is 0 Å². The number of hydrogen-bond donors (Lipinski definition) is 2. The molecule has 31 heavy (non-hydrogen) atoms. The molecule has 3 aliphatic rings. The van der Waals surface area contributed by atoms with E-state index in [0.717, 1.165) is 38.6 Å². The molecule has 5 nitrogen and oxygen atoms in total. The lowest BCUT2D eigenvalue weighted by atomic mass is 9.95. The van der Waals surface area contributed by atoms with Crippen LogP contribution in [0.15, 0.2) is 0 Å². The third kappa shape index (κ3) is 12.6. The maximum Gasteiger partial charge on any atom is 0.0605 e. The molecule has 2 N–H and O–H groups in total. The van der Waals surface area contributed by atoms with Gasteiger partial charge >= 0.3 is 0 Å². The van der Waals surface area contributed by atoms with E-state index in [1.165, 1.54) is 51.6 Å². The molecule has 5 heteroatoms. The van der Waals surface area contributed by atoms with Crippen LogP contribution >= 0.6 is 0 Å². The number of ether oxygens (including phenoxy) is 2. The SMILES string of the molecule is CC.CCCC(CC)OC1CCC(O)CC1.C[C@@H]1CC(OC2CCN(C)CC2)CCN1. The zero-order valence-corrected chi connectivity index (χ0v) is 21.6. The van der Waals surface area contributed by atoms with E-state index in [1.807, 2.05) is 13.8 Å². The summed E-state index contributed by atoms with van der Waals surface area (Å²) in [5, 5.41) is 12.8. The van der Waals surface area contributed by atoms with Gasteiger partial charge in [0.05, 0.1) is 30.5 Å². The summed E-state index contributed by atoms with van der Waals surface area (Å²) in [6.07, 6.45) is 14.1. The second-order valence-electron chi connectivity index (χ2n) is 9.53. The fourth-order valence-corrected chi connectivity index (χ4v) is 4.75. The van der Waals surface area contributed by atoms with Gasteiger partial charge < -0.3 is 24.8 Å². The van der Waals surface area contributed by atoms with E-state index in [-0.39, 0.29) is 6.10 Å². The van der Waals surface area contributed by atoms with Gasteiger partial charge in [0.2, 0.25) is 0 Å². The number of rotatable bonds is 7. The molecule has 3 atom stereocenters. The molecule has 2 heterocycles. The highest BCUT2D eigenvalue weighted by molar-refractivity contribution is 4.78. The van der Waals surface area contributed by atoms with Crippen molar-refractivity contribution in [2.75, 3.05) is 26.7 Å². The highest BCUT2D eigenvalue weighted by atomic mass is 16.5. The molecule has 0 bridgehead atoms. The van der Waals surface area contributed by atoms with Crippen LogP contribution < -0.4 is 5.32 Å². The van der Waals surface area contributed by atoms with Crippen LogP contribution in [0, 0.1) is 0 Å². The average molecular weight is 443 g/mol. The molecule has 2 unspecified atom stereocenters. The first kappa shape index (κ1) is 28.8. The minimum Gasteiger partial charge on any atom is -0.393 e. The van der Waals surface area contributed by atoms with Gasteiger partial charge in [0.15, 0.2) is 0 Å². The first-order valence-corrected chi connectivity index (χ1v) is 13.4. The van der Waals surface area contributed by atoms with Crippen LogP contribution in [0.1, 0.15) is 105 Å². The van der Waals surface area contributed by atoms with Crippen molar-refractivity contribution >= 4 is 0 Å². The van der Waals surface area contributed by atoms with Crippen LogP contribution in [0.3, 0.4) is 0 Å². The number of nitrogens with zero attached hydrogens (tertiary/aromatic N) is 1. The van der Waals surface area contributed by atoms with Crippen molar-refractivity contribution in [2.24, 2.45) is 0 Å². The molecule has 1 saturated carbocycles. The molecule has 0 radical (unpaired) electrons. The Hall–Kier alpha value is -0.200. The van der Waals surface area contributed by atoms with Crippen LogP contribution in [0.4, 0.5) is 0 Å². The van der Waals surface area contributed by atoms with Gasteiger partial charge in [-0.3, -0.25) is 0 Å². The Morgan fingerprint density at radius 2 is 1.58 bits per heavy atom. The highest BCUT2D eigenvalue weighted by Gasteiger charge is 2.24. The molecule has 186 valence electrons. The van der Waals surface area contributed by atoms with Crippen molar-refractivity contribution in [3.63, 3.8) is 0 Å². The smallest absolute Gasteiger partial charge is 0.0605 e. The zero-order valence-electron chi connectivity index (χ0n) is 21.6. The van der Waals surface area contributed by atoms with Crippen LogP contribution in [0.2, 0.25) is 0 Å². The summed E-state index contributed by atoms with van der Waals surface area (Å²) in [6, 6.07) is 0.634. The number of aliphatic hydroxyl groups excluding tert-OH is 1. The van der Waals surface area contributed by atoms with Crippen LogP contribution in [0.25, 0.3) is 0 Å². The Labute approximate surface area is 193 Å². The Kier molecular flexibility index (Phi) is 16.1. The molecular weight excluding hydrogens is 388 g/mol. The Bertz CT molecular complexity index is 407. The summed E-state index contributed by atoms with van der Waals surface area (Å²) in [5.41, 5.74) is 0. The zero-order chi connectivity index (χ0) is 23.1. The van der Waals surface area contributed by atoms with Crippen molar-refractivity contribution in [3.8, 4) is 0 Å². The number of aliphatic hydroxyl groups is 1. The van der Waals surface area contributed by atoms with E-state index in [4.69, 9.17) is 9.47 Å². The predicted molar refractivity (Wildman–Crippen MR) is 132 cm³/mol. The fourth-order valence-electron chi connectivity index (χ4n) is 4.75. The van der Waals surface area contributed by atoms with Crippen molar-refractivity contribution in [2.45, 2.75) is 142 Å². The molecule has 1 aliphatic carbocycles. The third-order valence-electron chi connectivity index (χ3n) is 6.72. The second kappa shape index (κ2) is 17.3. The highest BCUT2D eigenvalue weighted by Crippen LogP contribution is 2.24. The Balaban J connectivity index is 0.000000288. The van der Waals surface area contributed by atoms with Crippen LogP contribution in [0.5, 0.6) is 0 Å². The van der Waals surface area contributed by atoms with Gasteiger partial charge in [0, 0.05) is 19.1 Å². The molecule has 3 rings (SSSR count). The van der Waals surface area contributed by atoms with Crippen molar-refractivity contribution in [1.82, 2.24) is 10.2 Å². The minimum absolute atomic E-state index is 0.0684. The Morgan fingerprint density at radius 3 is 2.13 bits per heavy atom. The second-order valence-corrected chi connectivity index (χ2v) is 9.53. The van der Waals surface area contributed by atoms with Crippen LogP contribution in [-0.4, -0.2) is 73.3 Å². The normalized spacial score (nSPS) is 31.1. The lowest BCUT2D eigenvalue weighted by Gasteiger charge is -2.35. The molecule has 2 aliphatic heterocycles. The van der Waals surface area contributed by atoms with E-state index < -0.39 is 0 Å². The molecular formula is C26H54N2O3. The van der Waals surface area contributed by atoms with Gasteiger partial charge in [-0.05, 0) is 84.7 Å². The fraction of sp³-hybridized carbons (Fsp3) is 1.00. The first-order chi connectivity index (χ1) is 15.0. The molecule has 0 amide bonds. The van der Waals surface area contributed by atoms with Gasteiger partial charge in [-0.1, -0.05) is 34.1 Å². The minimum atomic E-state index is -0.0684. The first-order valence-electron chi connectivity index (χ1n) is 13.4. The summed E-state index contributed by atoms with van der Waals surface area (Å²) >= 11 is 0. The number of hydrogen-bond acceptors (Lipinski definition) is 5. The number of piperidine rings is 2. The van der Waals surface area contributed by atoms with Gasteiger partial charge in [-0.25, -0.2) is 0 Å². The quantitative estimate of drug-likeness (QED) is 0.571. The van der Waals surface area contributed by atoms with E-state index in [1.54, 1.807) is 0 Å². The maximum absolute atomic E-state index is 9.37. The van der Waals surface area contributed by atoms with Crippen molar-refractivity contribution < 1.29 is 14.6 Å². The van der Waals surface area contributed by atoms with Gasteiger partial charge in [0.1, 0.15) is 0 Å². The summed E-state index contributed by atoms with van der Waals surface area (Å²) in [5.74, 6) is 0. The summed E-state index contributed by atoms with van der Waals surface area (Å²) in [7, 11) is 2.20. The summed E-state index contributed by atoms with van der Waals surface area (Å²) in [4.78, 5) is 2.39. The molecule has 3 fully saturated rings. The predicted octanol–water partition coefficient (Wildman–Crippen LogP) is 5.15. The molecule has 0 aromatic carbocycles. The topological polar surface area (TPSA) is 54.0 Å². The van der Waals surface area contributed by atoms with Gasteiger partial charge in [-0.2, -0.15) is 0 Å². The lowest BCUT2D eigenvalue weighted by molar-refractivity contribution is -0.0554.